The largest absolute Gasteiger partial charge is 0.487 e. The second kappa shape index (κ2) is 8.86. The van der Waals surface area contributed by atoms with E-state index in [1.165, 1.54) is 93.4 Å². The summed E-state index contributed by atoms with van der Waals surface area (Å²) >= 11 is 0. The van der Waals surface area contributed by atoms with Gasteiger partial charge in [-0.1, -0.05) is 18.2 Å². The van der Waals surface area contributed by atoms with Crippen molar-refractivity contribution in [1.82, 2.24) is 0 Å². The second-order valence-electron chi connectivity index (χ2n) is 14.5. The number of hydrogen-bond donors (Lipinski definition) is 2. The minimum atomic E-state index is -0.0215. The van der Waals surface area contributed by atoms with Crippen LogP contribution in [0.1, 0.15) is 88.2 Å². The van der Waals surface area contributed by atoms with Gasteiger partial charge in [0.05, 0.1) is 13.2 Å². The fourth-order valence-corrected chi connectivity index (χ4v) is 11.7. The summed E-state index contributed by atoms with van der Waals surface area (Å²) in [6.45, 7) is 0.475. The Labute approximate surface area is 227 Å². The minimum Gasteiger partial charge on any atom is -0.487 e. The van der Waals surface area contributed by atoms with Crippen LogP contribution in [0.4, 0.5) is 0 Å². The van der Waals surface area contributed by atoms with Crippen molar-refractivity contribution in [2.45, 2.75) is 87.9 Å². The molecule has 8 aliphatic carbocycles. The quantitative estimate of drug-likeness (QED) is 0.420. The molecule has 0 aromatic heterocycles. The maximum absolute atomic E-state index is 9.68. The van der Waals surface area contributed by atoms with Crippen molar-refractivity contribution in [1.29, 1.82) is 0 Å². The predicted molar refractivity (Wildman–Crippen MR) is 149 cm³/mol. The van der Waals surface area contributed by atoms with Gasteiger partial charge in [-0.15, -0.1) is 0 Å². The van der Waals surface area contributed by atoms with Gasteiger partial charge in [-0.2, -0.15) is 0 Å². The average molecular weight is 517 g/mol. The number of hydrogen-bond acceptors (Lipinski definition) is 4. The lowest BCUT2D eigenvalue weighted by molar-refractivity contribution is -0.00687. The molecule has 0 radical (unpaired) electrons. The third-order valence-electron chi connectivity index (χ3n) is 12.0. The van der Waals surface area contributed by atoms with Crippen molar-refractivity contribution >= 4 is 10.8 Å². The molecule has 8 aliphatic rings. The van der Waals surface area contributed by atoms with E-state index in [1.54, 1.807) is 5.56 Å². The monoisotopic (exact) mass is 516 g/mol. The second-order valence-corrected chi connectivity index (χ2v) is 14.5. The third kappa shape index (κ3) is 3.61. The molecule has 2 N–H and O–H groups in total. The number of aliphatic hydroxyl groups is 2. The summed E-state index contributed by atoms with van der Waals surface area (Å²) < 4.78 is 12.5. The van der Waals surface area contributed by atoms with Gasteiger partial charge >= 0.3 is 0 Å². The van der Waals surface area contributed by atoms with Crippen molar-refractivity contribution < 1.29 is 19.7 Å². The van der Waals surface area contributed by atoms with Gasteiger partial charge < -0.3 is 19.7 Å². The van der Waals surface area contributed by atoms with Gasteiger partial charge in [-0.25, -0.2) is 0 Å². The molecule has 0 saturated heterocycles. The van der Waals surface area contributed by atoms with Gasteiger partial charge in [0.1, 0.15) is 13.2 Å². The van der Waals surface area contributed by atoms with Crippen LogP contribution < -0.4 is 9.47 Å². The molecule has 38 heavy (non-hydrogen) atoms. The third-order valence-corrected chi connectivity index (χ3v) is 12.0. The average Bonchev–Trinajstić information content (AvgIpc) is 2.88. The van der Waals surface area contributed by atoms with Gasteiger partial charge in [0, 0.05) is 5.39 Å². The fourth-order valence-electron chi connectivity index (χ4n) is 11.7. The molecule has 8 bridgehead atoms. The molecule has 0 heterocycles. The van der Waals surface area contributed by atoms with Crippen LogP contribution in [0.5, 0.6) is 11.5 Å². The molecule has 0 spiro atoms. The number of fused-ring (bicyclic) bond motifs is 1. The summed E-state index contributed by atoms with van der Waals surface area (Å²) in [7, 11) is 0. The Bertz CT molecular complexity index is 1160. The summed E-state index contributed by atoms with van der Waals surface area (Å²) in [6, 6.07) is 9.36. The first kappa shape index (κ1) is 24.1. The van der Waals surface area contributed by atoms with E-state index in [2.05, 4.69) is 24.3 Å². The molecule has 0 amide bonds. The molecule has 2 aromatic carbocycles. The van der Waals surface area contributed by atoms with Crippen molar-refractivity contribution in [3.05, 3.63) is 35.4 Å². The number of benzene rings is 2. The smallest absolute Gasteiger partial charge is 0.169 e. The zero-order chi connectivity index (χ0) is 25.5. The number of ether oxygens (including phenoxy) is 2. The summed E-state index contributed by atoms with van der Waals surface area (Å²) in [6.07, 6.45) is 16.7. The molecule has 2 aromatic rings. The van der Waals surface area contributed by atoms with E-state index in [-0.39, 0.29) is 31.8 Å². The van der Waals surface area contributed by atoms with E-state index < -0.39 is 0 Å². The van der Waals surface area contributed by atoms with Crippen LogP contribution in [0.15, 0.2) is 24.3 Å². The normalized spacial score (nSPS) is 40.3. The van der Waals surface area contributed by atoms with Gasteiger partial charge in [0.15, 0.2) is 11.5 Å². The zero-order valence-corrected chi connectivity index (χ0v) is 22.8. The van der Waals surface area contributed by atoms with Crippen LogP contribution in [0.3, 0.4) is 0 Å². The van der Waals surface area contributed by atoms with Gasteiger partial charge in [-0.3, -0.25) is 0 Å². The van der Waals surface area contributed by atoms with Crippen LogP contribution in [0.2, 0.25) is 0 Å². The van der Waals surface area contributed by atoms with Crippen molar-refractivity contribution in [3.8, 4) is 11.5 Å². The lowest BCUT2D eigenvalue weighted by atomic mass is 9.46. The molecule has 8 saturated carbocycles. The molecule has 204 valence electrons. The molecule has 0 aliphatic heterocycles. The predicted octanol–water partition coefficient (Wildman–Crippen LogP) is 6.52. The van der Waals surface area contributed by atoms with Crippen molar-refractivity contribution in [2.75, 3.05) is 26.4 Å². The van der Waals surface area contributed by atoms with Crippen LogP contribution >= 0.6 is 0 Å². The highest BCUT2D eigenvalue weighted by Crippen LogP contribution is 2.65. The van der Waals surface area contributed by atoms with Gasteiger partial charge in [0.25, 0.3) is 0 Å². The van der Waals surface area contributed by atoms with Crippen LogP contribution in [-0.4, -0.2) is 36.6 Å². The first-order chi connectivity index (χ1) is 18.6. The molecular weight excluding hydrogens is 472 g/mol. The molecule has 4 heteroatoms. The standard InChI is InChI=1S/C34H44O4/c35-4-6-37-30-14-29(34-18-24-11-25(19-34)13-26(12-24)20-34)31-27(32(30)38-7-5-36)2-1-3-28(31)33-15-21-8-22(16-33)10-23(9-21)17-33/h1-3,14,21-26,35-36H,4-13,15-20H2. The molecular formula is C34H44O4. The maximum atomic E-state index is 9.68. The highest BCUT2D eigenvalue weighted by atomic mass is 16.5. The van der Waals surface area contributed by atoms with E-state index >= 15 is 0 Å². The lowest BCUT2D eigenvalue weighted by Crippen LogP contribution is -2.50. The zero-order valence-electron chi connectivity index (χ0n) is 22.8. The first-order valence-electron chi connectivity index (χ1n) is 15.7. The molecule has 8 fully saturated rings. The van der Waals surface area contributed by atoms with Crippen LogP contribution in [-0.2, 0) is 10.8 Å². The van der Waals surface area contributed by atoms with Crippen LogP contribution in [0.25, 0.3) is 10.8 Å². The molecule has 4 nitrogen and oxygen atoms in total. The highest BCUT2D eigenvalue weighted by Gasteiger charge is 2.55. The lowest BCUT2D eigenvalue weighted by Gasteiger charge is -2.59. The van der Waals surface area contributed by atoms with Crippen LogP contribution in [0, 0.1) is 35.5 Å². The maximum Gasteiger partial charge on any atom is 0.169 e. The Hall–Kier alpha value is -1.78. The Balaban J connectivity index is 1.37. The van der Waals surface area contributed by atoms with E-state index in [0.717, 1.165) is 47.0 Å². The fraction of sp³-hybridized carbons (Fsp3) is 0.706. The van der Waals surface area contributed by atoms with Gasteiger partial charge in [-0.05, 0) is 146 Å². The van der Waals surface area contributed by atoms with Crippen molar-refractivity contribution in [2.24, 2.45) is 35.5 Å². The highest BCUT2D eigenvalue weighted by molar-refractivity contribution is 5.97. The Kier molecular flexibility index (Phi) is 5.61. The SMILES string of the molecule is OCCOc1cc(C23CC4CC(CC(C4)C2)C3)c2c(C34CC5CC(CC(C5)C3)C4)cccc2c1OCCO. The molecule has 10 rings (SSSR count). The Morgan fingerprint density at radius 1 is 0.632 bits per heavy atom. The first-order valence-corrected chi connectivity index (χ1v) is 15.7. The summed E-state index contributed by atoms with van der Waals surface area (Å²) in [5.74, 6) is 6.83. The summed E-state index contributed by atoms with van der Waals surface area (Å²) in [5, 5.41) is 22.0. The topological polar surface area (TPSA) is 58.9 Å². The van der Waals surface area contributed by atoms with Crippen molar-refractivity contribution in [3.63, 3.8) is 0 Å². The molecule has 0 atom stereocenters. The summed E-state index contributed by atoms with van der Waals surface area (Å²) in [5.41, 5.74) is 3.66. The number of aliphatic hydroxyl groups excluding tert-OH is 2. The summed E-state index contributed by atoms with van der Waals surface area (Å²) in [4.78, 5) is 0. The van der Waals surface area contributed by atoms with E-state index in [1.807, 2.05) is 0 Å². The van der Waals surface area contributed by atoms with E-state index in [9.17, 15) is 10.2 Å². The Morgan fingerprint density at radius 2 is 1.11 bits per heavy atom. The van der Waals surface area contributed by atoms with E-state index in [4.69, 9.17) is 9.47 Å². The number of rotatable bonds is 8. The molecule has 0 unspecified atom stereocenters. The van der Waals surface area contributed by atoms with Gasteiger partial charge in [0.2, 0.25) is 0 Å². The Morgan fingerprint density at radius 3 is 1.61 bits per heavy atom. The minimum absolute atomic E-state index is 0.0164. The van der Waals surface area contributed by atoms with E-state index in [0.29, 0.717) is 5.41 Å².